The lowest BCUT2D eigenvalue weighted by atomic mass is 10.3. The molecule has 198 valence electrons. The predicted octanol–water partition coefficient (Wildman–Crippen LogP) is -1.01. The topological polar surface area (TPSA) is 157 Å². The standard InChI is InChI=1S/2C10H15N3O3.P2S2/c2*1-11-5-6-12-8(14)4-7-13-9(15)2-3-10(13)16;3-1-2-4/h2*2-3,11H,4-7H2,1H3,(H,12,14);. The van der Waals surface area contributed by atoms with Gasteiger partial charge in [-0.25, -0.2) is 0 Å². The Balaban J connectivity index is 0.000000593. The van der Waals surface area contributed by atoms with Crippen LogP contribution in [0, 0.1) is 0 Å². The molecule has 0 aromatic heterocycles. The van der Waals surface area contributed by atoms with Gasteiger partial charge in [-0.05, 0) is 37.7 Å². The summed E-state index contributed by atoms with van der Waals surface area (Å²) in [5.74, 6) is -1.74. The fraction of sp³-hybridized carbons (Fsp3) is 0.500. The largest absolute Gasteiger partial charge is 0.355 e. The molecule has 16 heteroatoms. The van der Waals surface area contributed by atoms with Crippen molar-refractivity contribution in [2.24, 2.45) is 0 Å². The van der Waals surface area contributed by atoms with Crippen LogP contribution in [-0.4, -0.2) is 98.6 Å². The Bertz CT molecular complexity index is 781. The molecule has 0 spiro atoms. The smallest absolute Gasteiger partial charge is 0.253 e. The minimum atomic E-state index is -0.354. The highest BCUT2D eigenvalue weighted by atomic mass is 32.7. The second kappa shape index (κ2) is 20.8. The molecule has 2 heterocycles. The average Bonchev–Trinajstić information content (AvgIpc) is 3.36. The molecule has 2 aliphatic heterocycles. The molecule has 0 saturated heterocycles. The summed E-state index contributed by atoms with van der Waals surface area (Å²) < 4.78 is 0. The van der Waals surface area contributed by atoms with Gasteiger partial charge in [-0.1, -0.05) is 0 Å². The molecule has 0 radical (unpaired) electrons. The SMILES string of the molecule is CNCCNC(=O)CCN1C(=O)C=CC1=O.CNCCNC(=O)CCN1C(=O)C=CC1=O.S=PP=S. The van der Waals surface area contributed by atoms with E-state index in [1.54, 1.807) is 14.1 Å². The monoisotopic (exact) mass is 576 g/mol. The fourth-order valence-electron chi connectivity index (χ4n) is 2.56. The van der Waals surface area contributed by atoms with E-state index in [9.17, 15) is 28.8 Å². The van der Waals surface area contributed by atoms with Gasteiger partial charge in [0.2, 0.25) is 11.8 Å². The predicted molar refractivity (Wildman–Crippen MR) is 143 cm³/mol. The molecule has 12 nitrogen and oxygen atoms in total. The van der Waals surface area contributed by atoms with E-state index in [0.717, 1.165) is 23.9 Å². The van der Waals surface area contributed by atoms with Crippen molar-refractivity contribution in [1.29, 1.82) is 0 Å². The molecule has 2 rings (SSSR count). The van der Waals surface area contributed by atoms with Gasteiger partial charge in [0.25, 0.3) is 23.6 Å². The van der Waals surface area contributed by atoms with E-state index in [-0.39, 0.29) is 61.4 Å². The molecule has 0 unspecified atom stereocenters. The van der Waals surface area contributed by atoms with Crippen molar-refractivity contribution in [3.8, 4) is 0 Å². The van der Waals surface area contributed by atoms with Crippen LogP contribution in [0.5, 0.6) is 0 Å². The number of amides is 6. The number of carbonyl (C=O) groups is 6. The first-order chi connectivity index (χ1) is 17.2. The highest BCUT2D eigenvalue weighted by molar-refractivity contribution is 8.40. The second-order valence-electron chi connectivity index (χ2n) is 6.89. The first-order valence-corrected chi connectivity index (χ1v) is 15.3. The number of hydrogen-bond acceptors (Lipinski definition) is 10. The van der Waals surface area contributed by atoms with Gasteiger partial charge in [-0.15, -0.1) is 0 Å². The van der Waals surface area contributed by atoms with E-state index < -0.39 is 0 Å². The van der Waals surface area contributed by atoms with E-state index in [4.69, 9.17) is 0 Å². The Morgan fingerprint density at radius 3 is 1.22 bits per heavy atom. The van der Waals surface area contributed by atoms with E-state index in [2.05, 4.69) is 44.9 Å². The quantitative estimate of drug-likeness (QED) is 0.122. The van der Waals surface area contributed by atoms with Crippen molar-refractivity contribution >= 4 is 73.1 Å². The van der Waals surface area contributed by atoms with Gasteiger partial charge in [0.05, 0.1) is 0 Å². The van der Waals surface area contributed by atoms with Crippen LogP contribution in [0.1, 0.15) is 12.8 Å². The van der Waals surface area contributed by atoms with Gasteiger partial charge >= 0.3 is 0 Å². The summed E-state index contributed by atoms with van der Waals surface area (Å²) in [5, 5.41) is 11.1. The van der Waals surface area contributed by atoms with Gasteiger partial charge < -0.3 is 21.3 Å². The van der Waals surface area contributed by atoms with E-state index in [0.29, 0.717) is 26.2 Å². The fourth-order valence-corrected chi connectivity index (χ4v) is 2.56. The molecular weight excluding hydrogens is 546 g/mol. The van der Waals surface area contributed by atoms with Gasteiger partial charge in [-0.2, -0.15) is 0 Å². The Labute approximate surface area is 223 Å². The van der Waals surface area contributed by atoms with Crippen molar-refractivity contribution in [3.63, 3.8) is 0 Å². The van der Waals surface area contributed by atoms with Crippen LogP contribution in [0.3, 0.4) is 0 Å². The maximum atomic E-state index is 11.3. The number of likely N-dealkylation sites (N-methyl/N-ethyl adjacent to an activating group) is 2. The van der Waals surface area contributed by atoms with E-state index in [1.807, 2.05) is 0 Å². The van der Waals surface area contributed by atoms with Crippen molar-refractivity contribution in [2.75, 3.05) is 53.4 Å². The Morgan fingerprint density at radius 2 is 0.972 bits per heavy atom. The van der Waals surface area contributed by atoms with Crippen LogP contribution in [0.4, 0.5) is 0 Å². The van der Waals surface area contributed by atoms with Crippen molar-refractivity contribution in [1.82, 2.24) is 31.1 Å². The molecule has 0 aromatic carbocycles. The normalized spacial score (nSPS) is 14.1. The molecule has 6 amide bonds. The second-order valence-corrected chi connectivity index (χ2v) is 11.1. The van der Waals surface area contributed by atoms with Gasteiger partial charge in [0.15, 0.2) is 0 Å². The summed E-state index contributed by atoms with van der Waals surface area (Å²) in [6.07, 6.45) is 5.12. The number of rotatable bonds is 13. The number of hydrogen-bond donors (Lipinski definition) is 4. The van der Waals surface area contributed by atoms with Crippen LogP contribution in [0.15, 0.2) is 24.3 Å². The molecule has 2 aliphatic rings. The first kappa shape index (κ1) is 33.7. The number of carbonyl (C=O) groups excluding carboxylic acids is 6. The van der Waals surface area contributed by atoms with Crippen molar-refractivity contribution in [2.45, 2.75) is 12.8 Å². The third kappa shape index (κ3) is 14.9. The van der Waals surface area contributed by atoms with Crippen LogP contribution in [0.25, 0.3) is 0 Å². The molecule has 0 aromatic rings. The third-order valence-corrected chi connectivity index (χ3v) is 7.02. The van der Waals surface area contributed by atoms with Crippen LogP contribution in [-0.2, 0) is 52.4 Å². The van der Waals surface area contributed by atoms with E-state index in [1.165, 1.54) is 24.3 Å². The summed E-state index contributed by atoms with van der Waals surface area (Å²) in [6.45, 7) is 2.72. The van der Waals surface area contributed by atoms with Crippen LogP contribution < -0.4 is 21.3 Å². The minimum Gasteiger partial charge on any atom is -0.355 e. The summed E-state index contributed by atoms with van der Waals surface area (Å²) >= 11 is 8.82. The third-order valence-electron chi connectivity index (χ3n) is 4.35. The highest BCUT2D eigenvalue weighted by Crippen LogP contribution is 2.10. The number of nitrogens with zero attached hydrogens (tertiary/aromatic N) is 2. The van der Waals surface area contributed by atoms with Gasteiger partial charge in [0.1, 0.15) is 0 Å². The molecular formula is C20H30N6O6P2S2. The van der Waals surface area contributed by atoms with Crippen molar-refractivity contribution in [3.05, 3.63) is 24.3 Å². The molecule has 0 saturated carbocycles. The van der Waals surface area contributed by atoms with Crippen LogP contribution in [0.2, 0.25) is 0 Å². The minimum absolute atomic E-state index is 0.135. The first-order valence-electron chi connectivity index (χ1n) is 10.8. The zero-order chi connectivity index (χ0) is 27.3. The van der Waals surface area contributed by atoms with Crippen LogP contribution >= 0.6 is 14.1 Å². The highest BCUT2D eigenvalue weighted by Gasteiger charge is 2.24. The maximum Gasteiger partial charge on any atom is 0.253 e. The molecule has 0 fully saturated rings. The lowest BCUT2D eigenvalue weighted by Crippen LogP contribution is -2.36. The number of imide groups is 2. The summed E-state index contributed by atoms with van der Waals surface area (Å²) in [7, 11) is 5.32. The molecule has 0 bridgehead atoms. The Hall–Kier alpha value is -2.34. The zero-order valence-electron chi connectivity index (χ0n) is 20.0. The van der Waals surface area contributed by atoms with Gasteiger partial charge in [-0.3, -0.25) is 38.6 Å². The van der Waals surface area contributed by atoms with Gasteiger partial charge in [0, 0.05) is 90.5 Å². The lowest BCUT2D eigenvalue weighted by molar-refractivity contribution is -0.139. The lowest BCUT2D eigenvalue weighted by Gasteiger charge is -2.13. The zero-order valence-corrected chi connectivity index (χ0v) is 23.4. The Morgan fingerprint density at radius 1 is 0.667 bits per heavy atom. The summed E-state index contributed by atoms with van der Waals surface area (Å²) in [5.41, 5.74) is 0. The molecule has 0 aliphatic carbocycles. The maximum absolute atomic E-state index is 11.3. The number of nitrogens with one attached hydrogen (secondary N) is 4. The Kier molecular flexibility index (Phi) is 19.5. The molecule has 36 heavy (non-hydrogen) atoms. The average molecular weight is 577 g/mol. The molecule has 0 atom stereocenters. The molecule has 4 N–H and O–H groups in total. The summed E-state index contributed by atoms with van der Waals surface area (Å²) in [4.78, 5) is 69.2. The van der Waals surface area contributed by atoms with Crippen molar-refractivity contribution < 1.29 is 28.8 Å². The summed E-state index contributed by atoms with van der Waals surface area (Å²) in [6, 6.07) is 0. The van der Waals surface area contributed by atoms with E-state index >= 15 is 0 Å².